The van der Waals surface area contributed by atoms with E-state index in [0.717, 1.165) is 248 Å². The van der Waals surface area contributed by atoms with Gasteiger partial charge in [-0.2, -0.15) is 0 Å². The number of halogens is 12. The molecule has 0 aromatic heterocycles. The molecule has 24 aromatic rings. The highest BCUT2D eigenvalue weighted by Gasteiger charge is 2.42. The molecule has 12 heteroatoms. The number of benzene rings is 24. The SMILES string of the molecule is Cc1cc2c3c(Cl)c(Cl)c(Cl)c4c5cc6c7c(Cl)c(Cl)c(Cl)c8c9cc(C)c(C)c%10c%11c(C)c(C)cc%12c%13c(Cl)c(Cl)c(Cl)c%14c%15cc%16c%17c(Cl)c(Cl)c(Cl)c%18c%19cc(C)c(C)c%20c(c1C)c2c1c(c%19%20)c(c%18%17)c2c%16c%16c%15c%15c(c%13%14)c(c%12%11)c(c9%10)c(c87)c%15c6c%16c5c2c1c34. The molecule has 0 fully saturated rings. The molecule has 0 aliphatic carbocycles. The average molecular weight is 1420 g/mol. The number of hydrogen-bond donors (Lipinski definition) is 0. The topological polar surface area (TPSA) is 0 Å². The Balaban J connectivity index is 1.19. The summed E-state index contributed by atoms with van der Waals surface area (Å²) >= 11 is 95.6. The summed E-state index contributed by atoms with van der Waals surface area (Å²) in [6.45, 7) is 17.8. The van der Waals surface area contributed by atoms with Crippen LogP contribution in [0.5, 0.6) is 0 Å². The maximum atomic E-state index is 8.14. The minimum absolute atomic E-state index is 0.281. The standard InChI is InChI=1S/C80H30Cl12/c1-15-9-23-35-31(19(15)5)32-20(6)16(2)10-24-36(32)54-53(35)65-57-39-27(47-61(65)43(23)69(81)77(89)73(47)85)13-28-41-51(39)52-40-29(48-62(66(54)58(40)57)44(24)70(82)78(90)74(48)86)14-30-42(52)60-59(41)67-55-37-25(45-63(67)49(28)75(87)79(91)71(45)83)11-17(3)21(7)33(37)34-22(8)18(4)12-26-38(34)56(55)68(60)64-46(26)72(84)80(92)76(88)50(30)64/h9-14H,1-8H3. The van der Waals surface area contributed by atoms with Crippen molar-refractivity contribution in [1.82, 2.24) is 0 Å². The highest BCUT2D eigenvalue weighted by Crippen LogP contribution is 2.71. The predicted molar refractivity (Wildman–Crippen MR) is 413 cm³/mol. The molecule has 0 bridgehead atoms. The highest BCUT2D eigenvalue weighted by atomic mass is 35.5. The quantitative estimate of drug-likeness (QED) is 0.0806. The van der Waals surface area contributed by atoms with Crippen LogP contribution in [0.2, 0.25) is 60.3 Å². The predicted octanol–water partition coefficient (Wildman–Crippen LogP) is 31.2. The number of hydrogen-bond acceptors (Lipinski definition) is 0. The van der Waals surface area contributed by atoms with Gasteiger partial charge in [-0.15, -0.1) is 0 Å². The molecule has 0 saturated carbocycles. The van der Waals surface area contributed by atoms with Crippen molar-refractivity contribution in [3.63, 3.8) is 0 Å². The van der Waals surface area contributed by atoms with Crippen molar-refractivity contribution in [3.8, 4) is 0 Å². The van der Waals surface area contributed by atoms with Crippen molar-refractivity contribution >= 4 is 387 Å². The lowest BCUT2D eigenvalue weighted by molar-refractivity contribution is 1.38. The van der Waals surface area contributed by atoms with Gasteiger partial charge in [0.05, 0.1) is 60.3 Å². The summed E-state index contributed by atoms with van der Waals surface area (Å²) in [5.41, 5.74) is 9.21. The fourth-order valence-electron chi connectivity index (χ4n) is 20.6. The summed E-state index contributed by atoms with van der Waals surface area (Å²) in [5, 5.41) is 50.7. The molecular formula is C80H30Cl12. The van der Waals surface area contributed by atoms with Crippen molar-refractivity contribution in [2.75, 3.05) is 0 Å². The van der Waals surface area contributed by atoms with Gasteiger partial charge in [-0.05, 0) is 274 Å². The van der Waals surface area contributed by atoms with Crippen LogP contribution in [0, 0.1) is 55.4 Å². The Labute approximate surface area is 577 Å². The number of fused-ring (bicyclic) bond motifs is 10. The monoisotopic (exact) mass is 1410 g/mol. The van der Waals surface area contributed by atoms with Gasteiger partial charge >= 0.3 is 0 Å². The van der Waals surface area contributed by atoms with E-state index in [1.54, 1.807) is 0 Å². The summed E-state index contributed by atoms with van der Waals surface area (Å²) < 4.78 is 0. The summed E-state index contributed by atoms with van der Waals surface area (Å²) in [6.07, 6.45) is 0. The van der Waals surface area contributed by atoms with Crippen molar-refractivity contribution in [1.29, 1.82) is 0 Å². The second kappa shape index (κ2) is 15.3. The van der Waals surface area contributed by atoms with Gasteiger partial charge in [0.2, 0.25) is 0 Å². The molecule has 0 spiro atoms. The van der Waals surface area contributed by atoms with Gasteiger partial charge < -0.3 is 0 Å². The van der Waals surface area contributed by atoms with E-state index in [2.05, 4.69) is 91.8 Å². The third-order valence-electron chi connectivity index (χ3n) is 24.2. The van der Waals surface area contributed by atoms with Gasteiger partial charge in [0.1, 0.15) is 0 Å². The smallest absolute Gasteiger partial charge is 0.0791 e. The molecule has 24 aromatic carbocycles. The van der Waals surface area contributed by atoms with Crippen LogP contribution in [0.15, 0.2) is 36.4 Å². The van der Waals surface area contributed by atoms with Crippen LogP contribution in [0.1, 0.15) is 44.5 Å². The van der Waals surface area contributed by atoms with Crippen LogP contribution in [0.25, 0.3) is 248 Å². The van der Waals surface area contributed by atoms with Crippen LogP contribution in [0.3, 0.4) is 0 Å². The summed E-state index contributed by atoms with van der Waals surface area (Å²) in [5.74, 6) is 0. The third kappa shape index (κ3) is 4.74. The first-order valence-electron chi connectivity index (χ1n) is 30.5. The van der Waals surface area contributed by atoms with Gasteiger partial charge in [-0.3, -0.25) is 0 Å². The van der Waals surface area contributed by atoms with Crippen LogP contribution in [-0.4, -0.2) is 0 Å². The molecule has 0 radical (unpaired) electrons. The van der Waals surface area contributed by atoms with Crippen molar-refractivity contribution in [2.24, 2.45) is 0 Å². The molecule has 0 nitrogen and oxygen atoms in total. The largest absolute Gasteiger partial charge is 0.0819 e. The lowest BCUT2D eigenvalue weighted by atomic mass is 9.68. The molecule has 434 valence electrons. The molecule has 0 atom stereocenters. The first-order chi connectivity index (χ1) is 44.1. The molecule has 0 aliphatic rings. The first kappa shape index (κ1) is 52.4. The lowest BCUT2D eigenvalue weighted by Gasteiger charge is -2.34. The Kier molecular flexibility index (Phi) is 8.74. The van der Waals surface area contributed by atoms with Crippen LogP contribution >= 0.6 is 139 Å². The summed E-state index contributed by atoms with van der Waals surface area (Å²) in [7, 11) is 0. The first-order valence-corrected chi connectivity index (χ1v) is 35.0. The van der Waals surface area contributed by atoms with Crippen molar-refractivity contribution < 1.29 is 0 Å². The summed E-state index contributed by atoms with van der Waals surface area (Å²) in [4.78, 5) is 0. The fraction of sp³-hybridized carbons (Fsp3) is 0.100. The van der Waals surface area contributed by atoms with Gasteiger partial charge in [0.25, 0.3) is 0 Å². The highest BCUT2D eigenvalue weighted by molar-refractivity contribution is 6.74. The Morgan fingerprint density at radius 3 is 0.424 bits per heavy atom. The molecule has 0 heterocycles. The average Bonchev–Trinajstić information content (AvgIpc) is 0.624. The third-order valence-corrected chi connectivity index (χ3v) is 29.6. The molecule has 92 heavy (non-hydrogen) atoms. The van der Waals surface area contributed by atoms with Crippen LogP contribution in [0.4, 0.5) is 0 Å². The zero-order valence-electron chi connectivity index (χ0n) is 49.0. The minimum Gasteiger partial charge on any atom is -0.0819 e. The normalized spacial score (nSPS) is 14.1. The fourth-order valence-corrected chi connectivity index (χ4v) is 23.9. The van der Waals surface area contributed by atoms with Crippen molar-refractivity contribution in [2.45, 2.75) is 55.4 Å². The molecule has 0 N–H and O–H groups in total. The van der Waals surface area contributed by atoms with E-state index in [0.29, 0.717) is 40.2 Å². The van der Waals surface area contributed by atoms with E-state index in [1.807, 2.05) is 0 Å². The zero-order valence-corrected chi connectivity index (χ0v) is 58.1. The van der Waals surface area contributed by atoms with E-state index < -0.39 is 0 Å². The van der Waals surface area contributed by atoms with Crippen LogP contribution < -0.4 is 0 Å². The second-order valence-electron chi connectivity index (χ2n) is 27.4. The van der Waals surface area contributed by atoms with Crippen molar-refractivity contribution in [3.05, 3.63) is 141 Å². The molecule has 24 rings (SSSR count). The second-order valence-corrected chi connectivity index (χ2v) is 32.0. The molecule has 0 aliphatic heterocycles. The van der Waals surface area contributed by atoms with E-state index in [9.17, 15) is 0 Å². The molecule has 0 unspecified atom stereocenters. The van der Waals surface area contributed by atoms with E-state index in [1.165, 1.54) is 43.8 Å². The van der Waals surface area contributed by atoms with Gasteiger partial charge in [0, 0.05) is 86.2 Å². The molecular weight excluding hydrogens is 1390 g/mol. The Hall–Kier alpha value is -5.88. The summed E-state index contributed by atoms with van der Waals surface area (Å²) in [6, 6.07) is 14.0. The Morgan fingerprint density at radius 2 is 0.250 bits per heavy atom. The molecule has 0 saturated heterocycles. The van der Waals surface area contributed by atoms with Gasteiger partial charge in [0.15, 0.2) is 0 Å². The zero-order chi connectivity index (χ0) is 62.3. The maximum Gasteiger partial charge on any atom is 0.0791 e. The molecule has 0 amide bonds. The van der Waals surface area contributed by atoms with Gasteiger partial charge in [-0.1, -0.05) is 163 Å². The maximum absolute atomic E-state index is 8.14. The Morgan fingerprint density at radius 1 is 0.130 bits per heavy atom. The number of rotatable bonds is 0. The van der Waals surface area contributed by atoms with E-state index in [-0.39, 0.29) is 20.1 Å². The lowest BCUT2D eigenvalue weighted by Crippen LogP contribution is -2.06. The van der Waals surface area contributed by atoms with Crippen LogP contribution in [-0.2, 0) is 0 Å². The number of aryl methyl sites for hydroxylation is 8. The van der Waals surface area contributed by atoms with E-state index >= 15 is 0 Å². The van der Waals surface area contributed by atoms with Gasteiger partial charge in [-0.25, -0.2) is 0 Å². The van der Waals surface area contributed by atoms with E-state index in [4.69, 9.17) is 139 Å². The minimum atomic E-state index is 0.281. The Bertz CT molecular complexity index is 6950.